The Bertz CT molecular complexity index is 982. The van der Waals surface area contributed by atoms with Crippen molar-refractivity contribution in [1.29, 1.82) is 0 Å². The lowest BCUT2D eigenvalue weighted by Gasteiger charge is -2.32. The van der Waals surface area contributed by atoms with E-state index < -0.39 is 0 Å². The van der Waals surface area contributed by atoms with Crippen molar-refractivity contribution in [1.82, 2.24) is 19.2 Å². The summed E-state index contributed by atoms with van der Waals surface area (Å²) in [7, 11) is 4.93. The predicted molar refractivity (Wildman–Crippen MR) is 117 cm³/mol. The van der Waals surface area contributed by atoms with Crippen LogP contribution >= 0.6 is 0 Å². The average molecular weight is 429 g/mol. The molecule has 1 aliphatic heterocycles. The van der Waals surface area contributed by atoms with Gasteiger partial charge in [-0.05, 0) is 43.4 Å². The van der Waals surface area contributed by atoms with Crippen LogP contribution in [0.3, 0.4) is 0 Å². The Morgan fingerprint density at radius 1 is 1.06 bits per heavy atom. The van der Waals surface area contributed by atoms with E-state index in [9.17, 15) is 9.59 Å². The molecule has 1 saturated carbocycles. The number of hydrogen-bond acceptors (Lipinski definition) is 5. The Balaban J connectivity index is 1.41. The molecule has 1 saturated heterocycles. The van der Waals surface area contributed by atoms with Gasteiger partial charge in [0, 0.05) is 32.1 Å². The van der Waals surface area contributed by atoms with E-state index >= 15 is 0 Å². The number of hydrogen-bond donors (Lipinski definition) is 0. The monoisotopic (exact) mass is 428 g/mol. The van der Waals surface area contributed by atoms with Crippen LogP contribution < -0.4 is 15.2 Å². The zero-order chi connectivity index (χ0) is 22.0. The summed E-state index contributed by atoms with van der Waals surface area (Å²) in [5.41, 5.74) is 0.901. The summed E-state index contributed by atoms with van der Waals surface area (Å²) < 4.78 is 14.0. The van der Waals surface area contributed by atoms with Crippen LogP contribution in [0.4, 0.5) is 0 Å². The summed E-state index contributed by atoms with van der Waals surface area (Å²) in [6.45, 7) is 1.37. The van der Waals surface area contributed by atoms with E-state index in [0.717, 1.165) is 37.1 Å². The van der Waals surface area contributed by atoms with Crippen molar-refractivity contribution in [3.8, 4) is 11.5 Å². The zero-order valence-corrected chi connectivity index (χ0v) is 18.7. The van der Waals surface area contributed by atoms with Gasteiger partial charge in [-0.15, -0.1) is 0 Å². The number of aromatic nitrogens is 3. The standard InChI is InChI=1S/C23H32N4O4/c1-25-23(29)27(18-6-4-5-7-18)22(24-25)17-10-12-26(13-11-17)21(28)15-16-8-9-19(30-2)20(14-16)31-3/h8-9,14,17-18H,4-7,10-13,15H2,1-3H3. The Morgan fingerprint density at radius 2 is 1.74 bits per heavy atom. The molecule has 8 heteroatoms. The minimum Gasteiger partial charge on any atom is -0.493 e. The van der Waals surface area contributed by atoms with Crippen molar-refractivity contribution < 1.29 is 14.3 Å². The third kappa shape index (κ3) is 4.34. The first-order valence-corrected chi connectivity index (χ1v) is 11.2. The van der Waals surface area contributed by atoms with Crippen molar-refractivity contribution in [3.63, 3.8) is 0 Å². The van der Waals surface area contributed by atoms with Gasteiger partial charge in [0.05, 0.1) is 20.6 Å². The van der Waals surface area contributed by atoms with E-state index in [1.165, 1.54) is 17.5 Å². The number of methoxy groups -OCH3 is 2. The molecule has 0 radical (unpaired) electrons. The van der Waals surface area contributed by atoms with Gasteiger partial charge in [-0.1, -0.05) is 18.9 Å². The highest BCUT2D eigenvalue weighted by Crippen LogP contribution is 2.34. The van der Waals surface area contributed by atoms with Crippen LogP contribution in [0.25, 0.3) is 0 Å². The maximum absolute atomic E-state index is 12.9. The van der Waals surface area contributed by atoms with Gasteiger partial charge in [0.15, 0.2) is 11.5 Å². The minimum absolute atomic E-state index is 0.00569. The molecule has 1 aromatic heterocycles. The van der Waals surface area contributed by atoms with Gasteiger partial charge in [-0.2, -0.15) is 5.10 Å². The summed E-state index contributed by atoms with van der Waals surface area (Å²) in [5.74, 6) is 2.53. The smallest absolute Gasteiger partial charge is 0.345 e. The van der Waals surface area contributed by atoms with E-state index in [0.29, 0.717) is 31.0 Å². The third-order valence-corrected chi connectivity index (χ3v) is 6.69. The second-order valence-electron chi connectivity index (χ2n) is 8.59. The number of benzene rings is 1. The summed E-state index contributed by atoms with van der Waals surface area (Å²) in [5, 5.41) is 4.59. The lowest BCUT2D eigenvalue weighted by atomic mass is 9.95. The van der Waals surface area contributed by atoms with Gasteiger partial charge in [0.2, 0.25) is 5.91 Å². The third-order valence-electron chi connectivity index (χ3n) is 6.69. The van der Waals surface area contributed by atoms with Crippen LogP contribution in [0.2, 0.25) is 0 Å². The Kier molecular flexibility index (Phi) is 6.34. The fraction of sp³-hybridized carbons (Fsp3) is 0.609. The number of likely N-dealkylation sites (tertiary alicyclic amines) is 1. The molecule has 168 valence electrons. The first-order valence-electron chi connectivity index (χ1n) is 11.2. The van der Waals surface area contributed by atoms with Crippen LogP contribution in [-0.4, -0.2) is 52.5 Å². The molecule has 1 aliphatic carbocycles. The Hall–Kier alpha value is -2.77. The molecular formula is C23H32N4O4. The predicted octanol–water partition coefficient (Wildman–Crippen LogP) is 2.66. The number of ether oxygens (including phenoxy) is 2. The highest BCUT2D eigenvalue weighted by molar-refractivity contribution is 5.79. The molecule has 0 N–H and O–H groups in total. The Morgan fingerprint density at radius 3 is 2.39 bits per heavy atom. The topological polar surface area (TPSA) is 78.6 Å². The maximum Gasteiger partial charge on any atom is 0.345 e. The number of nitrogens with zero attached hydrogens (tertiary/aromatic N) is 4. The van der Waals surface area contributed by atoms with Gasteiger partial charge in [-0.3, -0.25) is 9.36 Å². The van der Waals surface area contributed by atoms with Crippen molar-refractivity contribution in [2.45, 2.75) is 56.9 Å². The average Bonchev–Trinajstić information content (AvgIpc) is 3.42. The molecule has 2 aromatic rings. The molecule has 1 amide bonds. The largest absolute Gasteiger partial charge is 0.493 e. The molecule has 4 rings (SSSR count). The zero-order valence-electron chi connectivity index (χ0n) is 18.7. The molecule has 2 heterocycles. The lowest BCUT2D eigenvalue weighted by Crippen LogP contribution is -2.39. The SMILES string of the molecule is COc1ccc(CC(=O)N2CCC(c3nn(C)c(=O)n3C3CCCC3)CC2)cc1OC. The van der Waals surface area contributed by atoms with Crippen LogP contribution in [0.1, 0.15) is 61.9 Å². The van der Waals surface area contributed by atoms with Crippen molar-refractivity contribution in [2.24, 2.45) is 7.05 Å². The quantitative estimate of drug-likeness (QED) is 0.707. The molecule has 0 bridgehead atoms. The van der Waals surface area contributed by atoms with Gasteiger partial charge in [0.25, 0.3) is 0 Å². The molecule has 8 nitrogen and oxygen atoms in total. The first-order chi connectivity index (χ1) is 15.0. The number of amides is 1. The molecule has 31 heavy (non-hydrogen) atoms. The molecular weight excluding hydrogens is 396 g/mol. The number of carbonyl (C=O) groups excluding carboxylic acids is 1. The summed E-state index contributed by atoms with van der Waals surface area (Å²) >= 11 is 0. The van der Waals surface area contributed by atoms with E-state index in [-0.39, 0.29) is 23.6 Å². The molecule has 1 aromatic carbocycles. The highest BCUT2D eigenvalue weighted by atomic mass is 16.5. The molecule has 2 aliphatic rings. The molecule has 0 spiro atoms. The second-order valence-corrected chi connectivity index (χ2v) is 8.59. The van der Waals surface area contributed by atoms with Gasteiger partial charge < -0.3 is 14.4 Å². The van der Waals surface area contributed by atoms with Crippen LogP contribution in [0.15, 0.2) is 23.0 Å². The number of carbonyl (C=O) groups is 1. The summed E-state index contributed by atoms with van der Waals surface area (Å²) in [4.78, 5) is 27.5. The maximum atomic E-state index is 12.9. The van der Waals surface area contributed by atoms with E-state index in [4.69, 9.17) is 9.47 Å². The van der Waals surface area contributed by atoms with Crippen LogP contribution in [0.5, 0.6) is 11.5 Å². The van der Waals surface area contributed by atoms with Crippen LogP contribution in [0, 0.1) is 0 Å². The molecule has 2 fully saturated rings. The van der Waals surface area contributed by atoms with E-state index in [1.807, 2.05) is 27.7 Å². The van der Waals surface area contributed by atoms with E-state index in [1.54, 1.807) is 21.3 Å². The lowest BCUT2D eigenvalue weighted by molar-refractivity contribution is -0.131. The van der Waals surface area contributed by atoms with E-state index in [2.05, 4.69) is 5.10 Å². The summed E-state index contributed by atoms with van der Waals surface area (Å²) in [6.07, 6.45) is 6.47. The molecule has 0 unspecified atom stereocenters. The van der Waals surface area contributed by atoms with Gasteiger partial charge >= 0.3 is 5.69 Å². The summed E-state index contributed by atoms with van der Waals surface area (Å²) in [6, 6.07) is 5.87. The number of piperidine rings is 1. The highest BCUT2D eigenvalue weighted by Gasteiger charge is 2.31. The van der Waals surface area contributed by atoms with Gasteiger partial charge in [-0.25, -0.2) is 9.48 Å². The first kappa shape index (κ1) is 21.5. The van der Waals surface area contributed by atoms with Crippen molar-refractivity contribution in [2.75, 3.05) is 27.3 Å². The Labute approximate surface area is 182 Å². The fourth-order valence-corrected chi connectivity index (χ4v) is 4.95. The second kappa shape index (κ2) is 9.16. The van der Waals surface area contributed by atoms with Crippen molar-refractivity contribution in [3.05, 3.63) is 40.1 Å². The minimum atomic E-state index is -0.00569. The number of rotatable bonds is 6. The normalized spacial score (nSPS) is 17.8. The van der Waals surface area contributed by atoms with Crippen molar-refractivity contribution >= 4 is 5.91 Å². The fourth-order valence-electron chi connectivity index (χ4n) is 4.95. The number of aryl methyl sites for hydroxylation is 1. The van der Waals surface area contributed by atoms with Crippen LogP contribution in [-0.2, 0) is 18.3 Å². The van der Waals surface area contributed by atoms with Gasteiger partial charge in [0.1, 0.15) is 5.82 Å². The molecule has 0 atom stereocenters.